The zero-order valence-electron chi connectivity index (χ0n) is 11.7. The number of hydrogen-bond donors (Lipinski definition) is 1. The van der Waals surface area contributed by atoms with Crippen LogP contribution < -0.4 is 10.5 Å². The smallest absolute Gasteiger partial charge is 0.232 e. The number of thiophene rings is 1. The van der Waals surface area contributed by atoms with Crippen molar-refractivity contribution in [2.75, 3.05) is 5.73 Å². The fraction of sp³-hybridized carbons (Fsp3) is 0.200. The molecule has 108 valence electrons. The summed E-state index contributed by atoms with van der Waals surface area (Å²) in [6.45, 7) is 4.04. The fourth-order valence-corrected chi connectivity index (χ4v) is 3.24. The summed E-state index contributed by atoms with van der Waals surface area (Å²) < 4.78 is 5.93. The van der Waals surface area contributed by atoms with Gasteiger partial charge in [-0.05, 0) is 43.2 Å². The first-order valence-corrected chi connectivity index (χ1v) is 7.76. The Morgan fingerprint density at radius 2 is 2.10 bits per heavy atom. The Morgan fingerprint density at radius 1 is 1.29 bits per heavy atom. The number of halogens is 1. The first-order chi connectivity index (χ1) is 10.1. The molecular formula is C15H14ClN3OS. The summed E-state index contributed by atoms with van der Waals surface area (Å²) in [6, 6.07) is 7.52. The van der Waals surface area contributed by atoms with E-state index in [1.54, 1.807) is 17.4 Å². The van der Waals surface area contributed by atoms with Crippen molar-refractivity contribution < 1.29 is 4.74 Å². The van der Waals surface area contributed by atoms with Gasteiger partial charge in [-0.25, -0.2) is 4.98 Å². The van der Waals surface area contributed by atoms with Gasteiger partial charge in [0.2, 0.25) is 11.8 Å². The van der Waals surface area contributed by atoms with E-state index >= 15 is 0 Å². The van der Waals surface area contributed by atoms with Crippen molar-refractivity contribution in [2.45, 2.75) is 20.3 Å². The van der Waals surface area contributed by atoms with Gasteiger partial charge >= 0.3 is 0 Å². The third-order valence-corrected chi connectivity index (χ3v) is 4.53. The highest BCUT2D eigenvalue weighted by Crippen LogP contribution is 2.35. The number of aromatic nitrogens is 2. The van der Waals surface area contributed by atoms with Gasteiger partial charge in [-0.15, -0.1) is 11.3 Å². The molecule has 21 heavy (non-hydrogen) atoms. The van der Waals surface area contributed by atoms with E-state index in [0.717, 1.165) is 22.2 Å². The third kappa shape index (κ3) is 2.80. The number of ether oxygens (including phenoxy) is 1. The average molecular weight is 320 g/mol. The molecule has 0 bridgehead atoms. The zero-order valence-corrected chi connectivity index (χ0v) is 13.3. The molecule has 0 aliphatic heterocycles. The lowest BCUT2D eigenvalue weighted by Gasteiger charge is -2.09. The highest BCUT2D eigenvalue weighted by molar-refractivity contribution is 7.18. The highest BCUT2D eigenvalue weighted by atomic mass is 35.5. The summed E-state index contributed by atoms with van der Waals surface area (Å²) in [4.78, 5) is 10.6. The van der Waals surface area contributed by atoms with Gasteiger partial charge in [-0.3, -0.25) is 0 Å². The number of fused-ring (bicyclic) bond motifs is 1. The lowest BCUT2D eigenvalue weighted by Crippen LogP contribution is -1.97. The van der Waals surface area contributed by atoms with Gasteiger partial charge in [-0.1, -0.05) is 18.5 Å². The Bertz CT molecular complexity index is 816. The maximum atomic E-state index is 5.96. The number of nitrogen functional groups attached to an aromatic ring is 1. The lowest BCUT2D eigenvalue weighted by atomic mass is 10.2. The van der Waals surface area contributed by atoms with Crippen LogP contribution in [0.2, 0.25) is 5.02 Å². The van der Waals surface area contributed by atoms with E-state index in [2.05, 4.69) is 23.0 Å². The van der Waals surface area contributed by atoms with E-state index in [4.69, 9.17) is 22.1 Å². The molecule has 2 N–H and O–H groups in total. The molecule has 4 nitrogen and oxygen atoms in total. The van der Waals surface area contributed by atoms with Gasteiger partial charge in [0.25, 0.3) is 0 Å². The van der Waals surface area contributed by atoms with E-state index in [1.165, 1.54) is 4.88 Å². The van der Waals surface area contributed by atoms with Gasteiger partial charge in [-0.2, -0.15) is 4.98 Å². The SMILES string of the molecule is CCc1cc2c(Oc3ccc(Cl)cc3C)nc(N)nc2s1. The molecule has 2 heterocycles. The molecule has 0 unspecified atom stereocenters. The van der Waals surface area contributed by atoms with Crippen molar-refractivity contribution in [3.63, 3.8) is 0 Å². The summed E-state index contributed by atoms with van der Waals surface area (Å²) in [5, 5.41) is 1.57. The van der Waals surface area contributed by atoms with Crippen molar-refractivity contribution in [2.24, 2.45) is 0 Å². The Morgan fingerprint density at radius 3 is 2.81 bits per heavy atom. The summed E-state index contributed by atoms with van der Waals surface area (Å²) in [7, 11) is 0. The van der Waals surface area contributed by atoms with E-state index in [-0.39, 0.29) is 5.95 Å². The van der Waals surface area contributed by atoms with E-state index < -0.39 is 0 Å². The highest BCUT2D eigenvalue weighted by Gasteiger charge is 2.13. The number of nitrogens with zero attached hydrogens (tertiary/aromatic N) is 2. The summed E-state index contributed by atoms with van der Waals surface area (Å²) in [5.41, 5.74) is 6.72. The van der Waals surface area contributed by atoms with Crippen LogP contribution in [0.25, 0.3) is 10.2 Å². The van der Waals surface area contributed by atoms with Crippen molar-refractivity contribution in [3.05, 3.63) is 39.7 Å². The predicted octanol–water partition coefficient (Wildman–Crippen LogP) is 4.59. The Hall–Kier alpha value is -1.85. The van der Waals surface area contributed by atoms with Crippen LogP contribution in [0.4, 0.5) is 5.95 Å². The molecule has 0 fully saturated rings. The summed E-state index contributed by atoms with van der Waals surface area (Å²) >= 11 is 7.57. The first-order valence-electron chi connectivity index (χ1n) is 6.56. The second kappa shape index (κ2) is 5.50. The minimum Gasteiger partial charge on any atom is -0.438 e. The summed E-state index contributed by atoms with van der Waals surface area (Å²) in [6.07, 6.45) is 0.945. The van der Waals surface area contributed by atoms with E-state index in [1.807, 2.05) is 19.1 Å². The molecule has 1 aromatic carbocycles. The maximum Gasteiger partial charge on any atom is 0.232 e. The molecular weight excluding hydrogens is 306 g/mol. The number of benzene rings is 1. The molecule has 3 rings (SSSR count). The number of rotatable bonds is 3. The van der Waals surface area contributed by atoms with Crippen LogP contribution in [0.15, 0.2) is 24.3 Å². The molecule has 0 amide bonds. The van der Waals surface area contributed by atoms with Crippen LogP contribution >= 0.6 is 22.9 Å². The minimum absolute atomic E-state index is 0.216. The van der Waals surface area contributed by atoms with Crippen LogP contribution in [0.1, 0.15) is 17.4 Å². The van der Waals surface area contributed by atoms with Crippen LogP contribution in [-0.4, -0.2) is 9.97 Å². The van der Waals surface area contributed by atoms with Gasteiger partial charge in [0.15, 0.2) is 0 Å². The molecule has 0 saturated heterocycles. The number of anilines is 1. The molecule has 0 saturated carbocycles. The van der Waals surface area contributed by atoms with Crippen LogP contribution in [0.3, 0.4) is 0 Å². The molecule has 0 aliphatic carbocycles. The Labute approximate surface area is 131 Å². The second-order valence-corrected chi connectivity index (χ2v) is 6.24. The zero-order chi connectivity index (χ0) is 15.0. The van der Waals surface area contributed by atoms with Crippen molar-refractivity contribution in [3.8, 4) is 11.6 Å². The van der Waals surface area contributed by atoms with Crippen molar-refractivity contribution in [1.29, 1.82) is 0 Å². The Kier molecular flexibility index (Phi) is 3.69. The van der Waals surface area contributed by atoms with Gasteiger partial charge in [0.1, 0.15) is 10.6 Å². The number of nitrogens with two attached hydrogens (primary N) is 1. The minimum atomic E-state index is 0.216. The third-order valence-electron chi connectivity index (χ3n) is 3.12. The topological polar surface area (TPSA) is 61.0 Å². The largest absolute Gasteiger partial charge is 0.438 e. The Balaban J connectivity index is 2.08. The van der Waals surface area contributed by atoms with Crippen LogP contribution in [0.5, 0.6) is 11.6 Å². The van der Waals surface area contributed by atoms with Crippen molar-refractivity contribution in [1.82, 2.24) is 9.97 Å². The van der Waals surface area contributed by atoms with Crippen LogP contribution in [0, 0.1) is 6.92 Å². The standard InChI is InChI=1S/C15H14ClN3OS/c1-3-10-7-11-13(18-15(17)19-14(11)21-10)20-12-5-4-9(16)6-8(12)2/h4-7H,3H2,1-2H3,(H2,17,18,19). The summed E-state index contributed by atoms with van der Waals surface area (Å²) in [5.74, 6) is 1.41. The molecule has 2 aromatic heterocycles. The quantitative estimate of drug-likeness (QED) is 0.767. The molecule has 0 radical (unpaired) electrons. The number of aryl methyl sites for hydroxylation is 2. The van der Waals surface area contributed by atoms with Gasteiger partial charge in [0.05, 0.1) is 5.39 Å². The first kappa shape index (κ1) is 14.1. The average Bonchev–Trinajstić information content (AvgIpc) is 2.85. The molecule has 0 spiro atoms. The van der Waals surface area contributed by atoms with Gasteiger partial charge < -0.3 is 10.5 Å². The lowest BCUT2D eigenvalue weighted by molar-refractivity contribution is 0.466. The van der Waals surface area contributed by atoms with Gasteiger partial charge in [0, 0.05) is 9.90 Å². The fourth-order valence-electron chi connectivity index (χ4n) is 2.04. The van der Waals surface area contributed by atoms with E-state index in [0.29, 0.717) is 16.7 Å². The maximum absolute atomic E-state index is 5.96. The molecule has 6 heteroatoms. The molecule has 0 atom stereocenters. The predicted molar refractivity (Wildman–Crippen MR) is 87.5 cm³/mol. The van der Waals surface area contributed by atoms with E-state index in [9.17, 15) is 0 Å². The second-order valence-electron chi connectivity index (χ2n) is 4.68. The monoisotopic (exact) mass is 319 g/mol. The number of hydrogen-bond acceptors (Lipinski definition) is 5. The van der Waals surface area contributed by atoms with Crippen LogP contribution in [-0.2, 0) is 6.42 Å². The normalized spacial score (nSPS) is 11.0. The molecule has 0 aliphatic rings. The van der Waals surface area contributed by atoms with Crippen molar-refractivity contribution >= 4 is 39.1 Å². The molecule has 3 aromatic rings.